The van der Waals surface area contributed by atoms with Crippen LogP contribution in [0.15, 0.2) is 24.3 Å². The van der Waals surface area contributed by atoms with Crippen molar-refractivity contribution in [3.05, 3.63) is 40.4 Å². The molecule has 2 atom stereocenters. The van der Waals surface area contributed by atoms with E-state index in [1.807, 2.05) is 13.8 Å². The smallest absolute Gasteiger partial charge is 0.238 e. The average molecular weight is 348 g/mol. The van der Waals surface area contributed by atoms with E-state index in [1.165, 1.54) is 5.56 Å². The molecule has 4 nitrogen and oxygen atoms in total. The molecule has 2 N–H and O–H groups in total. The molecule has 2 heterocycles. The highest BCUT2D eigenvalue weighted by Gasteiger charge is 2.25. The molecule has 1 fully saturated rings. The highest BCUT2D eigenvalue weighted by Crippen LogP contribution is 2.32. The molecule has 0 radical (unpaired) electrons. The number of aromatic nitrogens is 1. The van der Waals surface area contributed by atoms with Crippen LogP contribution in [0.1, 0.15) is 29.1 Å². The van der Waals surface area contributed by atoms with Crippen molar-refractivity contribution in [2.75, 3.05) is 11.6 Å². The van der Waals surface area contributed by atoms with E-state index in [4.69, 9.17) is 0 Å². The summed E-state index contributed by atoms with van der Waals surface area (Å²) in [6, 6.07) is 8.29. The quantitative estimate of drug-likeness (QED) is 0.891. The molecule has 1 amide bonds. The van der Waals surface area contributed by atoms with Gasteiger partial charge in [-0.15, -0.1) is 23.1 Å². The summed E-state index contributed by atoms with van der Waals surface area (Å²) in [5.74, 6) is 1.77. The summed E-state index contributed by atoms with van der Waals surface area (Å²) in [7, 11) is 0. The van der Waals surface area contributed by atoms with Crippen molar-refractivity contribution in [2.24, 2.45) is 0 Å². The second kappa shape index (κ2) is 7.03. The first kappa shape index (κ1) is 16.5. The first-order valence-electron chi connectivity index (χ1n) is 7.70. The van der Waals surface area contributed by atoms with Gasteiger partial charge in [-0.3, -0.25) is 10.1 Å². The van der Waals surface area contributed by atoms with Crippen molar-refractivity contribution in [1.29, 1.82) is 0 Å². The molecule has 0 unspecified atom stereocenters. The predicted octanol–water partition coefficient (Wildman–Crippen LogP) is 3.27. The summed E-state index contributed by atoms with van der Waals surface area (Å²) in [4.78, 5) is 18.1. The van der Waals surface area contributed by atoms with E-state index in [-0.39, 0.29) is 18.0 Å². The lowest BCUT2D eigenvalue weighted by Crippen LogP contribution is -2.42. The Morgan fingerprint density at radius 1 is 1.35 bits per heavy atom. The van der Waals surface area contributed by atoms with Crippen LogP contribution in [0.25, 0.3) is 10.6 Å². The van der Waals surface area contributed by atoms with Crippen LogP contribution in [0.5, 0.6) is 0 Å². The maximum atomic E-state index is 12.3. The largest absolute Gasteiger partial charge is 0.347 e. The van der Waals surface area contributed by atoms with Crippen LogP contribution in [0.4, 0.5) is 0 Å². The molecule has 1 aliphatic rings. The van der Waals surface area contributed by atoms with Crippen molar-refractivity contribution >= 4 is 29.0 Å². The molecular formula is C17H21N3OS2. The van der Waals surface area contributed by atoms with Gasteiger partial charge in [0.25, 0.3) is 0 Å². The van der Waals surface area contributed by atoms with Gasteiger partial charge in [-0.2, -0.15) is 0 Å². The van der Waals surface area contributed by atoms with Gasteiger partial charge in [-0.25, -0.2) is 4.98 Å². The molecule has 0 aliphatic carbocycles. The molecule has 122 valence electrons. The van der Waals surface area contributed by atoms with Gasteiger partial charge in [-0.05, 0) is 20.8 Å². The summed E-state index contributed by atoms with van der Waals surface area (Å²) in [5.41, 5.74) is 3.36. The third kappa shape index (κ3) is 3.76. The molecule has 6 heteroatoms. The number of thioether (sulfide) groups is 1. The number of hydrogen-bond acceptors (Lipinski definition) is 5. The summed E-state index contributed by atoms with van der Waals surface area (Å²) in [6.45, 7) is 6.12. The monoisotopic (exact) mass is 347 g/mol. The number of carbonyl (C=O) groups is 1. The lowest BCUT2D eigenvalue weighted by molar-refractivity contribution is -0.123. The second-order valence-corrected chi connectivity index (χ2v) is 7.90. The summed E-state index contributed by atoms with van der Waals surface area (Å²) in [5, 5.41) is 7.32. The molecule has 1 saturated heterocycles. The molecule has 0 bridgehead atoms. The van der Waals surface area contributed by atoms with E-state index >= 15 is 0 Å². The van der Waals surface area contributed by atoms with Crippen molar-refractivity contribution in [1.82, 2.24) is 15.6 Å². The van der Waals surface area contributed by atoms with Crippen molar-refractivity contribution in [2.45, 2.75) is 32.9 Å². The Bertz CT molecular complexity index is 690. The summed E-state index contributed by atoms with van der Waals surface area (Å²) >= 11 is 3.42. The van der Waals surface area contributed by atoms with Crippen molar-refractivity contribution < 1.29 is 4.79 Å². The molecule has 0 spiro atoms. The van der Waals surface area contributed by atoms with Gasteiger partial charge in [0.05, 0.1) is 22.7 Å². The molecule has 2 aromatic rings. The topological polar surface area (TPSA) is 54.0 Å². The zero-order chi connectivity index (χ0) is 16.4. The molecule has 23 heavy (non-hydrogen) atoms. The van der Waals surface area contributed by atoms with Gasteiger partial charge < -0.3 is 5.32 Å². The highest BCUT2D eigenvalue weighted by atomic mass is 32.2. The average Bonchev–Trinajstić information content (AvgIpc) is 3.17. The first-order valence-corrected chi connectivity index (χ1v) is 9.67. The molecule has 1 aromatic carbocycles. The van der Waals surface area contributed by atoms with Gasteiger partial charge in [-0.1, -0.05) is 29.8 Å². The van der Waals surface area contributed by atoms with Crippen LogP contribution in [0.2, 0.25) is 0 Å². The lowest BCUT2D eigenvalue weighted by atomic mass is 10.2. The SMILES string of the molecule is Cc1ccc(-c2nc(C)c([C@@H](C)NC(=O)[C@H]3CSCN3)s2)cc1. The van der Waals surface area contributed by atoms with E-state index in [0.29, 0.717) is 0 Å². The number of thiazole rings is 1. The second-order valence-electron chi connectivity index (χ2n) is 5.84. The number of hydrogen-bond donors (Lipinski definition) is 2. The van der Waals surface area contributed by atoms with Crippen LogP contribution in [-0.2, 0) is 4.79 Å². The maximum absolute atomic E-state index is 12.3. The number of benzene rings is 1. The van der Waals surface area contributed by atoms with E-state index in [9.17, 15) is 4.79 Å². The third-order valence-electron chi connectivity index (χ3n) is 3.92. The highest BCUT2D eigenvalue weighted by molar-refractivity contribution is 7.99. The van der Waals surface area contributed by atoms with Gasteiger partial charge in [0.2, 0.25) is 5.91 Å². The predicted molar refractivity (Wildman–Crippen MR) is 97.8 cm³/mol. The normalized spacial score (nSPS) is 18.8. The van der Waals surface area contributed by atoms with Gasteiger partial charge >= 0.3 is 0 Å². The fourth-order valence-corrected chi connectivity index (χ4v) is 4.59. The fraction of sp³-hybridized carbons (Fsp3) is 0.412. The van der Waals surface area contributed by atoms with Gasteiger partial charge in [0.1, 0.15) is 5.01 Å². The molecule has 1 aromatic heterocycles. The zero-order valence-electron chi connectivity index (χ0n) is 13.6. The van der Waals surface area contributed by atoms with Crippen LogP contribution >= 0.6 is 23.1 Å². The lowest BCUT2D eigenvalue weighted by Gasteiger charge is -2.16. The maximum Gasteiger partial charge on any atom is 0.238 e. The molecule has 1 aliphatic heterocycles. The molecule has 0 saturated carbocycles. The number of nitrogens with zero attached hydrogens (tertiary/aromatic N) is 1. The zero-order valence-corrected chi connectivity index (χ0v) is 15.2. The van der Waals surface area contributed by atoms with E-state index in [1.54, 1.807) is 23.1 Å². The van der Waals surface area contributed by atoms with Crippen LogP contribution in [0.3, 0.4) is 0 Å². The van der Waals surface area contributed by atoms with E-state index in [0.717, 1.165) is 32.8 Å². The first-order chi connectivity index (χ1) is 11.0. The Labute approximate surface area is 145 Å². The third-order valence-corrected chi connectivity index (χ3v) is 6.24. The number of amides is 1. The minimum Gasteiger partial charge on any atom is -0.347 e. The number of nitrogens with one attached hydrogen (secondary N) is 2. The Morgan fingerprint density at radius 3 is 2.74 bits per heavy atom. The Hall–Kier alpha value is -1.37. The molecule has 3 rings (SSSR count). The minimum absolute atomic E-state index is 0.0217. The van der Waals surface area contributed by atoms with E-state index in [2.05, 4.69) is 46.8 Å². The van der Waals surface area contributed by atoms with Crippen molar-refractivity contribution in [3.63, 3.8) is 0 Å². The van der Waals surface area contributed by atoms with Crippen LogP contribution in [-0.4, -0.2) is 28.6 Å². The Kier molecular flexibility index (Phi) is 5.04. The van der Waals surface area contributed by atoms with Gasteiger partial charge in [0.15, 0.2) is 0 Å². The van der Waals surface area contributed by atoms with Crippen LogP contribution in [0, 0.1) is 13.8 Å². The van der Waals surface area contributed by atoms with Crippen LogP contribution < -0.4 is 10.6 Å². The number of aryl methyl sites for hydroxylation is 2. The summed E-state index contributed by atoms with van der Waals surface area (Å²) < 4.78 is 0. The Balaban J connectivity index is 1.74. The number of rotatable bonds is 4. The number of carbonyl (C=O) groups excluding carboxylic acids is 1. The van der Waals surface area contributed by atoms with Crippen molar-refractivity contribution in [3.8, 4) is 10.6 Å². The minimum atomic E-state index is -0.0766. The summed E-state index contributed by atoms with van der Waals surface area (Å²) in [6.07, 6.45) is 0. The molecular weight excluding hydrogens is 326 g/mol. The Morgan fingerprint density at radius 2 is 2.09 bits per heavy atom. The fourth-order valence-electron chi connectivity index (χ4n) is 2.57. The van der Waals surface area contributed by atoms with Gasteiger partial charge in [0, 0.05) is 17.2 Å². The standard InChI is InChI=1S/C17H21N3OS2/c1-10-4-6-13(7-5-10)17-20-12(3)15(23-17)11(2)19-16(21)14-8-22-9-18-14/h4-7,11,14,18H,8-9H2,1-3H3,(H,19,21)/t11-,14-/m1/s1. The van der Waals surface area contributed by atoms with E-state index < -0.39 is 0 Å².